The minimum absolute atomic E-state index is 0.119. The van der Waals surface area contributed by atoms with Crippen LogP contribution in [0.4, 0.5) is 0 Å². The lowest BCUT2D eigenvalue weighted by Gasteiger charge is -2.14. The summed E-state index contributed by atoms with van der Waals surface area (Å²) in [5.41, 5.74) is 7.75. The number of carbonyl (C=O) groups excluding carboxylic acids is 2. The van der Waals surface area contributed by atoms with Gasteiger partial charge in [0.2, 0.25) is 5.91 Å². The van der Waals surface area contributed by atoms with Crippen molar-refractivity contribution in [3.8, 4) is 0 Å². The summed E-state index contributed by atoms with van der Waals surface area (Å²) in [4.78, 5) is 24.5. The van der Waals surface area contributed by atoms with E-state index in [1.165, 1.54) is 6.26 Å². The summed E-state index contributed by atoms with van der Waals surface area (Å²) in [6.07, 6.45) is 2.19. The molecule has 1 saturated heterocycles. The van der Waals surface area contributed by atoms with Gasteiger partial charge in [-0.2, -0.15) is 0 Å². The highest BCUT2D eigenvalue weighted by molar-refractivity contribution is 5.94. The van der Waals surface area contributed by atoms with E-state index in [1.54, 1.807) is 6.07 Å². The molecule has 1 aromatic heterocycles. The molecule has 5 N–H and O–H groups in total. The zero-order chi connectivity index (χ0) is 13.1. The van der Waals surface area contributed by atoms with Crippen molar-refractivity contribution < 1.29 is 14.0 Å². The third-order valence-corrected chi connectivity index (χ3v) is 3.16. The first-order valence-electron chi connectivity index (χ1n) is 5.70. The second-order valence-corrected chi connectivity index (χ2v) is 4.35. The Labute approximate surface area is 104 Å². The van der Waals surface area contributed by atoms with Gasteiger partial charge in [-0.15, -0.1) is 0 Å². The lowest BCUT2D eigenvalue weighted by Crippen LogP contribution is -2.31. The second kappa shape index (κ2) is 5.19. The molecule has 18 heavy (non-hydrogen) atoms. The van der Waals surface area contributed by atoms with E-state index in [1.807, 2.05) is 4.90 Å². The van der Waals surface area contributed by atoms with Crippen LogP contribution >= 0.6 is 0 Å². The molecular formula is C11H16N4O3. The number of hydrazine groups is 1. The van der Waals surface area contributed by atoms with Crippen molar-refractivity contribution in [2.45, 2.75) is 13.0 Å². The molecule has 0 spiro atoms. The summed E-state index contributed by atoms with van der Waals surface area (Å²) in [5, 5.41) is 0. The lowest BCUT2D eigenvalue weighted by atomic mass is 10.1. The number of nitrogens with two attached hydrogens (primary N) is 2. The molecule has 0 aliphatic carbocycles. The van der Waals surface area contributed by atoms with Gasteiger partial charge in [0.25, 0.3) is 5.91 Å². The second-order valence-electron chi connectivity index (χ2n) is 4.35. The molecule has 1 fully saturated rings. The third-order valence-electron chi connectivity index (χ3n) is 3.16. The number of nitrogens with zero attached hydrogens (tertiary/aromatic N) is 1. The molecule has 0 radical (unpaired) electrons. The van der Waals surface area contributed by atoms with Gasteiger partial charge in [0.15, 0.2) is 0 Å². The molecule has 0 aromatic carbocycles. The summed E-state index contributed by atoms with van der Waals surface area (Å²) in [7, 11) is 0. The monoisotopic (exact) mass is 252 g/mol. The molecule has 98 valence electrons. The predicted molar refractivity (Wildman–Crippen MR) is 62.9 cm³/mol. The molecule has 2 heterocycles. The van der Waals surface area contributed by atoms with Crippen LogP contribution in [0.25, 0.3) is 0 Å². The van der Waals surface area contributed by atoms with Crippen molar-refractivity contribution >= 4 is 11.8 Å². The van der Waals surface area contributed by atoms with E-state index in [0.29, 0.717) is 24.4 Å². The Bertz CT molecular complexity index is 457. The number of likely N-dealkylation sites (tertiary alicyclic amines) is 1. The number of nitrogen functional groups attached to an aromatic ring is 1. The molecule has 7 nitrogen and oxygen atoms in total. The van der Waals surface area contributed by atoms with Gasteiger partial charge in [-0.05, 0) is 19.0 Å². The topological polar surface area (TPSA) is 115 Å². The fourth-order valence-corrected chi connectivity index (χ4v) is 2.15. The first kappa shape index (κ1) is 12.6. The largest absolute Gasteiger partial charge is 0.467 e. The number of carbonyl (C=O) groups is 2. The van der Waals surface area contributed by atoms with Gasteiger partial charge in [-0.1, -0.05) is 0 Å². The minimum atomic E-state index is -0.385. The van der Waals surface area contributed by atoms with Crippen LogP contribution in [0.3, 0.4) is 0 Å². The SMILES string of the molecule is NNC(=O)c1ccoc1CN1CCC(C(N)=O)C1. The summed E-state index contributed by atoms with van der Waals surface area (Å²) >= 11 is 0. The standard InChI is InChI=1S/C11H16N4O3/c12-10(16)7-1-3-15(5-7)6-9-8(2-4-18-9)11(17)14-13/h2,4,7H,1,3,5-6,13H2,(H2,12,16)(H,14,17). The van der Waals surface area contributed by atoms with Gasteiger partial charge in [-0.25, -0.2) is 5.84 Å². The van der Waals surface area contributed by atoms with Crippen LogP contribution in [0.2, 0.25) is 0 Å². The van der Waals surface area contributed by atoms with Gasteiger partial charge in [-0.3, -0.25) is 19.9 Å². The minimum Gasteiger partial charge on any atom is -0.467 e. The Hall–Kier alpha value is -1.86. The molecule has 1 unspecified atom stereocenters. The van der Waals surface area contributed by atoms with Crippen LogP contribution in [0.1, 0.15) is 22.5 Å². The van der Waals surface area contributed by atoms with Gasteiger partial charge in [0, 0.05) is 6.54 Å². The number of nitrogens with one attached hydrogen (secondary N) is 1. The molecule has 0 saturated carbocycles. The highest BCUT2D eigenvalue weighted by atomic mass is 16.3. The van der Waals surface area contributed by atoms with Crippen LogP contribution in [-0.4, -0.2) is 29.8 Å². The zero-order valence-corrected chi connectivity index (χ0v) is 9.89. The highest BCUT2D eigenvalue weighted by Gasteiger charge is 2.28. The maximum atomic E-state index is 11.5. The molecule has 1 aliphatic heterocycles. The Morgan fingerprint density at radius 3 is 2.94 bits per heavy atom. The molecule has 2 amide bonds. The molecule has 7 heteroatoms. The van der Waals surface area contributed by atoms with E-state index >= 15 is 0 Å². The van der Waals surface area contributed by atoms with Gasteiger partial charge >= 0.3 is 0 Å². The Morgan fingerprint density at radius 1 is 1.56 bits per heavy atom. The average Bonchev–Trinajstić information content (AvgIpc) is 2.97. The molecule has 2 rings (SSSR count). The normalized spacial score (nSPS) is 19.9. The van der Waals surface area contributed by atoms with Crippen molar-refractivity contribution in [2.24, 2.45) is 17.5 Å². The molecule has 1 aliphatic rings. The van der Waals surface area contributed by atoms with E-state index in [9.17, 15) is 9.59 Å². The smallest absolute Gasteiger partial charge is 0.268 e. The van der Waals surface area contributed by atoms with Crippen LogP contribution in [0, 0.1) is 5.92 Å². The van der Waals surface area contributed by atoms with Gasteiger partial charge < -0.3 is 10.2 Å². The Kier molecular flexibility index (Phi) is 3.63. The van der Waals surface area contributed by atoms with Gasteiger partial charge in [0.1, 0.15) is 5.76 Å². The van der Waals surface area contributed by atoms with E-state index in [0.717, 1.165) is 13.0 Å². The third kappa shape index (κ3) is 2.52. The fraction of sp³-hybridized carbons (Fsp3) is 0.455. The van der Waals surface area contributed by atoms with E-state index in [2.05, 4.69) is 5.43 Å². The summed E-state index contributed by atoms with van der Waals surface area (Å²) in [6.45, 7) is 1.83. The molecule has 1 atom stereocenters. The van der Waals surface area contributed by atoms with Crippen LogP contribution < -0.4 is 17.0 Å². The number of furan rings is 1. The fourth-order valence-electron chi connectivity index (χ4n) is 2.15. The van der Waals surface area contributed by atoms with E-state index in [4.69, 9.17) is 16.0 Å². The number of hydrogen-bond acceptors (Lipinski definition) is 5. The van der Waals surface area contributed by atoms with Gasteiger partial charge in [0.05, 0.1) is 24.3 Å². The first-order valence-corrected chi connectivity index (χ1v) is 5.70. The number of rotatable bonds is 4. The van der Waals surface area contributed by atoms with Crippen molar-refractivity contribution in [3.63, 3.8) is 0 Å². The van der Waals surface area contributed by atoms with Crippen molar-refractivity contribution in [1.82, 2.24) is 10.3 Å². The van der Waals surface area contributed by atoms with Crippen LogP contribution in [0.15, 0.2) is 16.7 Å². The van der Waals surface area contributed by atoms with Crippen molar-refractivity contribution in [2.75, 3.05) is 13.1 Å². The first-order chi connectivity index (χ1) is 8.61. The van der Waals surface area contributed by atoms with Crippen LogP contribution in [0.5, 0.6) is 0 Å². The Balaban J connectivity index is 2.01. The number of primary amides is 1. The average molecular weight is 252 g/mol. The molecule has 1 aromatic rings. The molecule has 0 bridgehead atoms. The Morgan fingerprint density at radius 2 is 2.33 bits per heavy atom. The van der Waals surface area contributed by atoms with Crippen molar-refractivity contribution in [1.29, 1.82) is 0 Å². The molecular weight excluding hydrogens is 236 g/mol. The van der Waals surface area contributed by atoms with E-state index < -0.39 is 0 Å². The predicted octanol–water partition coefficient (Wildman–Crippen LogP) is -0.810. The zero-order valence-electron chi connectivity index (χ0n) is 9.89. The summed E-state index contributed by atoms with van der Waals surface area (Å²) in [6, 6.07) is 1.57. The van der Waals surface area contributed by atoms with Crippen molar-refractivity contribution in [3.05, 3.63) is 23.7 Å². The van der Waals surface area contributed by atoms with E-state index in [-0.39, 0.29) is 17.7 Å². The number of amides is 2. The maximum absolute atomic E-state index is 11.5. The maximum Gasteiger partial charge on any atom is 0.268 e. The van der Waals surface area contributed by atoms with Crippen LogP contribution in [-0.2, 0) is 11.3 Å². The number of hydrogen-bond donors (Lipinski definition) is 3. The summed E-state index contributed by atoms with van der Waals surface area (Å²) in [5.74, 6) is 4.85. The summed E-state index contributed by atoms with van der Waals surface area (Å²) < 4.78 is 5.27. The lowest BCUT2D eigenvalue weighted by molar-refractivity contribution is -0.121. The highest BCUT2D eigenvalue weighted by Crippen LogP contribution is 2.20. The quantitative estimate of drug-likeness (QED) is 0.368.